The van der Waals surface area contributed by atoms with E-state index in [0.29, 0.717) is 6.61 Å². The van der Waals surface area contributed by atoms with Gasteiger partial charge in [0.1, 0.15) is 12.4 Å². The van der Waals surface area contributed by atoms with Crippen molar-refractivity contribution in [2.24, 2.45) is 0 Å². The van der Waals surface area contributed by atoms with Crippen molar-refractivity contribution in [3.63, 3.8) is 0 Å². The minimum atomic E-state index is -0.945. The number of hydrogen-bond acceptors (Lipinski definition) is 4. The third kappa shape index (κ3) is 4.65. The lowest BCUT2D eigenvalue weighted by molar-refractivity contribution is -0.131. The molecular formula is C16H17NO3S. The highest BCUT2D eigenvalue weighted by Gasteiger charge is 2.02. The Morgan fingerprint density at radius 1 is 1.38 bits per heavy atom. The highest BCUT2D eigenvalue weighted by molar-refractivity contribution is 7.10. The van der Waals surface area contributed by atoms with Crippen LogP contribution in [0, 0.1) is 0 Å². The van der Waals surface area contributed by atoms with Crippen LogP contribution in [0.25, 0.3) is 6.08 Å². The Kier molecular flexibility index (Phi) is 5.00. The molecule has 2 rings (SSSR count). The molecule has 1 aromatic carbocycles. The molecule has 0 fully saturated rings. The van der Waals surface area contributed by atoms with Crippen LogP contribution in [0.3, 0.4) is 0 Å². The molecular weight excluding hydrogens is 286 g/mol. The van der Waals surface area contributed by atoms with Crippen LogP contribution in [-0.2, 0) is 11.4 Å². The molecule has 0 aliphatic carbocycles. The minimum absolute atomic E-state index is 0.475. The first-order valence-electron chi connectivity index (χ1n) is 6.43. The van der Waals surface area contributed by atoms with Crippen LogP contribution < -0.4 is 9.64 Å². The van der Waals surface area contributed by atoms with E-state index in [1.807, 2.05) is 54.7 Å². The van der Waals surface area contributed by atoms with Gasteiger partial charge in [-0.15, -0.1) is 11.3 Å². The van der Waals surface area contributed by atoms with E-state index in [-0.39, 0.29) is 0 Å². The van der Waals surface area contributed by atoms with Gasteiger partial charge in [-0.3, -0.25) is 0 Å². The Morgan fingerprint density at radius 3 is 2.90 bits per heavy atom. The molecule has 1 heterocycles. The Balaban J connectivity index is 1.97. The molecule has 4 nitrogen and oxygen atoms in total. The highest BCUT2D eigenvalue weighted by atomic mass is 32.1. The third-order valence-corrected chi connectivity index (χ3v) is 3.74. The molecule has 0 saturated carbocycles. The number of aliphatic carboxylic acids is 1. The molecule has 1 N–H and O–H groups in total. The summed E-state index contributed by atoms with van der Waals surface area (Å²) in [5.74, 6) is -0.128. The van der Waals surface area contributed by atoms with Gasteiger partial charge in [0, 0.05) is 36.8 Å². The average Bonchev–Trinajstić information content (AvgIpc) is 2.91. The molecule has 0 spiro atoms. The zero-order chi connectivity index (χ0) is 15.2. The highest BCUT2D eigenvalue weighted by Crippen LogP contribution is 2.22. The maximum absolute atomic E-state index is 10.5. The molecule has 5 heteroatoms. The number of carbonyl (C=O) groups is 1. The molecule has 21 heavy (non-hydrogen) atoms. The lowest BCUT2D eigenvalue weighted by Gasteiger charge is -2.13. The second-order valence-corrected chi connectivity index (χ2v) is 5.69. The zero-order valence-electron chi connectivity index (χ0n) is 11.9. The van der Waals surface area contributed by atoms with E-state index < -0.39 is 5.97 Å². The number of carboxylic acid groups (broad SMARTS) is 1. The first-order chi connectivity index (χ1) is 10.0. The van der Waals surface area contributed by atoms with Crippen molar-refractivity contribution in [1.29, 1.82) is 0 Å². The van der Waals surface area contributed by atoms with Crippen molar-refractivity contribution in [2.75, 3.05) is 19.0 Å². The van der Waals surface area contributed by atoms with Crippen molar-refractivity contribution in [3.8, 4) is 5.75 Å². The van der Waals surface area contributed by atoms with E-state index in [4.69, 9.17) is 9.84 Å². The van der Waals surface area contributed by atoms with Crippen LogP contribution in [0.2, 0.25) is 0 Å². The molecule has 0 unspecified atom stereocenters. The Hall–Kier alpha value is -2.27. The molecule has 110 valence electrons. The number of thiophene rings is 1. The smallest absolute Gasteiger partial charge is 0.328 e. The number of carboxylic acids is 1. The Morgan fingerprint density at radius 2 is 2.19 bits per heavy atom. The van der Waals surface area contributed by atoms with E-state index >= 15 is 0 Å². The number of ether oxygens (including phenoxy) is 1. The van der Waals surface area contributed by atoms with Crippen LogP contribution in [0.4, 0.5) is 5.69 Å². The molecule has 0 bridgehead atoms. The average molecular weight is 303 g/mol. The van der Waals surface area contributed by atoms with Gasteiger partial charge in [-0.05, 0) is 35.2 Å². The van der Waals surface area contributed by atoms with E-state index in [1.165, 1.54) is 0 Å². The van der Waals surface area contributed by atoms with Gasteiger partial charge in [-0.25, -0.2) is 4.79 Å². The summed E-state index contributed by atoms with van der Waals surface area (Å²) in [6.45, 7) is 0.475. The lowest BCUT2D eigenvalue weighted by atomic mass is 10.3. The van der Waals surface area contributed by atoms with Crippen molar-refractivity contribution in [2.45, 2.75) is 6.61 Å². The molecule has 0 aliphatic heterocycles. The maximum atomic E-state index is 10.5. The lowest BCUT2D eigenvalue weighted by Crippen LogP contribution is -2.08. The van der Waals surface area contributed by atoms with Crippen molar-refractivity contribution in [3.05, 3.63) is 52.2 Å². The summed E-state index contributed by atoms with van der Waals surface area (Å²) in [6.07, 6.45) is 2.71. The summed E-state index contributed by atoms with van der Waals surface area (Å²) in [6, 6.07) is 9.82. The molecule has 2 aromatic rings. The fourth-order valence-corrected chi connectivity index (χ4v) is 2.50. The van der Waals surface area contributed by atoms with Gasteiger partial charge in [-0.1, -0.05) is 6.07 Å². The van der Waals surface area contributed by atoms with Crippen LogP contribution in [-0.4, -0.2) is 25.2 Å². The molecule has 0 amide bonds. The number of hydrogen-bond donors (Lipinski definition) is 1. The quantitative estimate of drug-likeness (QED) is 0.830. The van der Waals surface area contributed by atoms with Crippen molar-refractivity contribution in [1.82, 2.24) is 0 Å². The van der Waals surface area contributed by atoms with Gasteiger partial charge >= 0.3 is 5.97 Å². The molecule has 0 saturated heterocycles. The summed E-state index contributed by atoms with van der Waals surface area (Å²) in [5.41, 5.74) is 1.96. The van der Waals surface area contributed by atoms with Gasteiger partial charge in [0.05, 0.1) is 0 Å². The second-order valence-electron chi connectivity index (χ2n) is 4.70. The SMILES string of the molecule is CN(C)c1cccc(OCc2cc(C=CC(=O)O)cs2)c1. The molecule has 1 aromatic heterocycles. The van der Waals surface area contributed by atoms with E-state index in [1.54, 1.807) is 17.4 Å². The van der Waals surface area contributed by atoms with E-state index in [9.17, 15) is 4.79 Å². The van der Waals surface area contributed by atoms with E-state index in [0.717, 1.165) is 28.0 Å². The fourth-order valence-electron chi connectivity index (χ4n) is 1.73. The van der Waals surface area contributed by atoms with Gasteiger partial charge in [-0.2, -0.15) is 0 Å². The van der Waals surface area contributed by atoms with Crippen LogP contribution in [0.1, 0.15) is 10.4 Å². The van der Waals surface area contributed by atoms with Crippen LogP contribution >= 0.6 is 11.3 Å². The third-order valence-electron chi connectivity index (χ3n) is 2.81. The summed E-state index contributed by atoms with van der Waals surface area (Å²) in [5, 5.41) is 10.5. The first kappa shape index (κ1) is 15.1. The van der Waals surface area contributed by atoms with Crippen molar-refractivity contribution >= 4 is 29.1 Å². The first-order valence-corrected chi connectivity index (χ1v) is 7.31. The minimum Gasteiger partial charge on any atom is -0.488 e. The predicted octanol–water partition coefficient (Wildman–Crippen LogP) is 3.49. The second kappa shape index (κ2) is 6.95. The predicted molar refractivity (Wildman–Crippen MR) is 86.1 cm³/mol. The zero-order valence-corrected chi connectivity index (χ0v) is 12.8. The summed E-state index contributed by atoms with van der Waals surface area (Å²) < 4.78 is 5.77. The van der Waals surface area contributed by atoms with E-state index in [2.05, 4.69) is 0 Å². The van der Waals surface area contributed by atoms with Crippen LogP contribution in [0.15, 0.2) is 41.8 Å². The number of anilines is 1. The maximum Gasteiger partial charge on any atom is 0.328 e. The summed E-state index contributed by atoms with van der Waals surface area (Å²) in [7, 11) is 3.97. The summed E-state index contributed by atoms with van der Waals surface area (Å²) in [4.78, 5) is 13.5. The Labute approximate surface area is 127 Å². The largest absolute Gasteiger partial charge is 0.488 e. The molecule has 0 atom stereocenters. The van der Waals surface area contributed by atoms with Gasteiger partial charge in [0.2, 0.25) is 0 Å². The Bertz CT molecular complexity index is 646. The number of benzene rings is 1. The van der Waals surface area contributed by atoms with Gasteiger partial charge in [0.25, 0.3) is 0 Å². The van der Waals surface area contributed by atoms with Crippen molar-refractivity contribution < 1.29 is 14.6 Å². The summed E-state index contributed by atoms with van der Waals surface area (Å²) >= 11 is 1.55. The topological polar surface area (TPSA) is 49.8 Å². The number of nitrogens with zero attached hydrogens (tertiary/aromatic N) is 1. The standard InChI is InChI=1S/C16H17NO3S/c1-17(2)13-4-3-5-14(9-13)20-10-15-8-12(11-21-15)6-7-16(18)19/h3-9,11H,10H2,1-2H3,(H,18,19). The fraction of sp³-hybridized carbons (Fsp3) is 0.188. The van der Waals surface area contributed by atoms with Crippen LogP contribution in [0.5, 0.6) is 5.75 Å². The molecule has 0 aliphatic rings. The normalized spacial score (nSPS) is 10.8. The molecule has 0 radical (unpaired) electrons. The number of rotatable bonds is 6. The van der Waals surface area contributed by atoms with Gasteiger partial charge < -0.3 is 14.7 Å². The van der Waals surface area contributed by atoms with Gasteiger partial charge in [0.15, 0.2) is 0 Å². The monoisotopic (exact) mass is 303 g/mol.